The van der Waals surface area contributed by atoms with E-state index >= 15 is 0 Å². The fourth-order valence-corrected chi connectivity index (χ4v) is 1.92. The third kappa shape index (κ3) is 5.51. The van der Waals surface area contributed by atoms with Gasteiger partial charge in [-0.25, -0.2) is 4.79 Å². The Morgan fingerprint density at radius 2 is 2.29 bits per heavy atom. The van der Waals surface area contributed by atoms with Crippen LogP contribution < -0.4 is 5.73 Å². The summed E-state index contributed by atoms with van der Waals surface area (Å²) in [5, 5.41) is 9.38. The molecule has 0 amide bonds. The number of aliphatic carboxylic acids is 1. The molecule has 0 spiro atoms. The van der Waals surface area contributed by atoms with Crippen molar-refractivity contribution in [3.8, 4) is 0 Å². The molecule has 7 nitrogen and oxygen atoms in total. The summed E-state index contributed by atoms with van der Waals surface area (Å²) >= 11 is 0. The highest BCUT2D eigenvalue weighted by molar-refractivity contribution is 5.99. The summed E-state index contributed by atoms with van der Waals surface area (Å²) < 4.78 is 4.93. The first-order valence-corrected chi connectivity index (χ1v) is 7.59. The molecule has 0 saturated carbocycles. The number of ether oxygens (including phenoxy) is 1. The van der Waals surface area contributed by atoms with Crippen LogP contribution in [-0.2, 0) is 9.53 Å². The van der Waals surface area contributed by atoms with Crippen LogP contribution in [-0.4, -0.2) is 55.7 Å². The molecule has 0 saturated heterocycles. The van der Waals surface area contributed by atoms with Crippen molar-refractivity contribution in [3.05, 3.63) is 47.1 Å². The van der Waals surface area contributed by atoms with Gasteiger partial charge in [0.1, 0.15) is 0 Å². The molecule has 0 aliphatic carbocycles. The maximum atomic E-state index is 11.4. The van der Waals surface area contributed by atoms with Crippen molar-refractivity contribution in [1.82, 2.24) is 4.90 Å². The normalized spacial score (nSPS) is 17.7. The Labute approximate surface area is 142 Å². The van der Waals surface area contributed by atoms with Crippen molar-refractivity contribution in [1.29, 1.82) is 0 Å². The van der Waals surface area contributed by atoms with E-state index in [2.05, 4.69) is 9.98 Å². The van der Waals surface area contributed by atoms with Gasteiger partial charge in [0.25, 0.3) is 0 Å². The molecule has 7 heteroatoms. The van der Waals surface area contributed by atoms with Gasteiger partial charge in [0.05, 0.1) is 36.3 Å². The number of nitrogens with two attached hydrogens (primary N) is 1. The van der Waals surface area contributed by atoms with E-state index in [0.717, 1.165) is 6.42 Å². The number of aliphatic imine (C=N–C) groups is 2. The summed E-state index contributed by atoms with van der Waals surface area (Å²) in [5.74, 6) is -0.999. The summed E-state index contributed by atoms with van der Waals surface area (Å²) in [6.45, 7) is 2.99. The zero-order valence-corrected chi connectivity index (χ0v) is 14.3. The molecule has 1 aliphatic heterocycles. The van der Waals surface area contributed by atoms with Crippen LogP contribution in [0.5, 0.6) is 0 Å². The second kappa shape index (κ2) is 10.2. The van der Waals surface area contributed by atoms with E-state index in [1.807, 2.05) is 6.92 Å². The van der Waals surface area contributed by atoms with Crippen LogP contribution in [0.3, 0.4) is 0 Å². The lowest BCUT2D eigenvalue weighted by molar-refractivity contribution is -0.132. The SMILES string of the molecule is CC/C=C\C(C(=O)O)=C1\C=NC(C(C=NCCOC)=CN)=CN1C. The molecule has 0 aromatic carbocycles. The molecule has 1 aliphatic rings. The maximum absolute atomic E-state index is 11.4. The topological polar surface area (TPSA) is 101 Å². The Balaban J connectivity index is 3.03. The minimum absolute atomic E-state index is 0.186. The molecule has 0 aromatic rings. The second-order valence-electron chi connectivity index (χ2n) is 4.95. The monoisotopic (exact) mass is 332 g/mol. The molecule has 0 unspecified atom stereocenters. The standard InChI is InChI=1S/C17H24N4O3/c1-4-5-6-14(17(22)23)16-11-20-15(12-21(16)2)13(9-18)10-19-7-8-24-3/h5-6,9-12H,4,7-8,18H2,1-3H3,(H,22,23)/b6-5-,13-9?,16-14+,19-10?. The highest BCUT2D eigenvalue weighted by Gasteiger charge is 2.17. The average Bonchev–Trinajstić information content (AvgIpc) is 2.56. The van der Waals surface area contributed by atoms with Gasteiger partial charge >= 0.3 is 5.97 Å². The van der Waals surface area contributed by atoms with Crippen LogP contribution in [0.1, 0.15) is 13.3 Å². The van der Waals surface area contributed by atoms with Gasteiger partial charge in [0, 0.05) is 38.3 Å². The highest BCUT2D eigenvalue weighted by Crippen LogP contribution is 2.20. The molecule has 0 atom stereocenters. The van der Waals surface area contributed by atoms with Gasteiger partial charge < -0.3 is 20.5 Å². The van der Waals surface area contributed by atoms with E-state index in [1.54, 1.807) is 43.6 Å². The molecule has 0 radical (unpaired) electrons. The minimum Gasteiger partial charge on any atom is -0.478 e. The van der Waals surface area contributed by atoms with Crippen molar-refractivity contribution in [3.63, 3.8) is 0 Å². The zero-order chi connectivity index (χ0) is 17.9. The number of hydrogen-bond acceptors (Lipinski definition) is 6. The fourth-order valence-electron chi connectivity index (χ4n) is 1.92. The highest BCUT2D eigenvalue weighted by atomic mass is 16.5. The molecule has 0 bridgehead atoms. The Hall–Kier alpha value is -2.67. The van der Waals surface area contributed by atoms with Crippen molar-refractivity contribution >= 4 is 18.4 Å². The number of carbonyl (C=O) groups is 1. The lowest BCUT2D eigenvalue weighted by Gasteiger charge is -2.22. The van der Waals surface area contributed by atoms with Crippen LogP contribution in [0.15, 0.2) is 57.1 Å². The van der Waals surface area contributed by atoms with Gasteiger partial charge in [-0.05, 0) is 12.5 Å². The van der Waals surface area contributed by atoms with Crippen LogP contribution in [0.25, 0.3) is 0 Å². The number of carboxylic acids is 1. The van der Waals surface area contributed by atoms with Gasteiger partial charge in [0.2, 0.25) is 0 Å². The fraction of sp³-hybridized carbons (Fsp3) is 0.353. The summed E-state index contributed by atoms with van der Waals surface area (Å²) in [6, 6.07) is 0. The third-order valence-electron chi connectivity index (χ3n) is 3.18. The van der Waals surface area contributed by atoms with Crippen LogP contribution >= 0.6 is 0 Å². The van der Waals surface area contributed by atoms with Crippen LogP contribution in [0, 0.1) is 0 Å². The largest absolute Gasteiger partial charge is 0.478 e. The molecule has 1 rings (SSSR count). The van der Waals surface area contributed by atoms with Gasteiger partial charge in [-0.2, -0.15) is 0 Å². The minimum atomic E-state index is -0.999. The lowest BCUT2D eigenvalue weighted by Crippen LogP contribution is -2.21. The summed E-state index contributed by atoms with van der Waals surface area (Å²) in [6.07, 6.45) is 10.4. The first-order chi connectivity index (χ1) is 11.5. The summed E-state index contributed by atoms with van der Waals surface area (Å²) in [5.41, 5.74) is 7.58. The van der Waals surface area contributed by atoms with E-state index < -0.39 is 5.97 Å². The van der Waals surface area contributed by atoms with Crippen molar-refractivity contribution in [2.24, 2.45) is 15.7 Å². The molecule has 130 valence electrons. The smallest absolute Gasteiger partial charge is 0.337 e. The maximum Gasteiger partial charge on any atom is 0.337 e. The van der Waals surface area contributed by atoms with Crippen molar-refractivity contribution in [2.75, 3.05) is 27.3 Å². The van der Waals surface area contributed by atoms with E-state index in [1.165, 1.54) is 12.4 Å². The lowest BCUT2D eigenvalue weighted by atomic mass is 10.1. The number of allylic oxidation sites excluding steroid dienone is 3. The number of rotatable bonds is 8. The Morgan fingerprint density at radius 1 is 1.54 bits per heavy atom. The third-order valence-corrected chi connectivity index (χ3v) is 3.18. The molecule has 0 aromatic heterocycles. The molecular formula is C17H24N4O3. The zero-order valence-electron chi connectivity index (χ0n) is 14.3. The molecule has 24 heavy (non-hydrogen) atoms. The van der Waals surface area contributed by atoms with Crippen molar-refractivity contribution in [2.45, 2.75) is 13.3 Å². The predicted molar refractivity (Wildman–Crippen MR) is 95.9 cm³/mol. The van der Waals surface area contributed by atoms with Gasteiger partial charge in [-0.1, -0.05) is 13.0 Å². The number of carboxylic acid groups (broad SMARTS) is 1. The predicted octanol–water partition coefficient (Wildman–Crippen LogP) is 1.71. The number of hydrogen-bond donors (Lipinski definition) is 2. The summed E-state index contributed by atoms with van der Waals surface area (Å²) in [4.78, 5) is 21.7. The van der Waals surface area contributed by atoms with Gasteiger partial charge in [-0.3, -0.25) is 9.98 Å². The average molecular weight is 332 g/mol. The van der Waals surface area contributed by atoms with Crippen LogP contribution in [0.4, 0.5) is 0 Å². The first-order valence-electron chi connectivity index (χ1n) is 7.59. The Kier molecular flexibility index (Phi) is 8.21. The molecule has 1 heterocycles. The number of nitrogens with zero attached hydrogens (tertiary/aromatic N) is 3. The van der Waals surface area contributed by atoms with E-state index in [0.29, 0.717) is 30.1 Å². The van der Waals surface area contributed by atoms with Crippen LogP contribution in [0.2, 0.25) is 0 Å². The second-order valence-corrected chi connectivity index (χ2v) is 4.95. The Bertz CT molecular complexity index is 628. The Morgan fingerprint density at radius 3 is 2.83 bits per heavy atom. The number of methoxy groups -OCH3 is 1. The quantitative estimate of drug-likeness (QED) is 0.400. The molecule has 3 N–H and O–H groups in total. The van der Waals surface area contributed by atoms with Gasteiger partial charge in [0.15, 0.2) is 0 Å². The van der Waals surface area contributed by atoms with E-state index in [-0.39, 0.29) is 5.57 Å². The molecular weight excluding hydrogens is 308 g/mol. The van der Waals surface area contributed by atoms with E-state index in [9.17, 15) is 9.90 Å². The van der Waals surface area contributed by atoms with Gasteiger partial charge in [-0.15, -0.1) is 0 Å². The van der Waals surface area contributed by atoms with Crippen molar-refractivity contribution < 1.29 is 14.6 Å². The summed E-state index contributed by atoms with van der Waals surface area (Å²) in [7, 11) is 3.37. The van der Waals surface area contributed by atoms with E-state index in [4.69, 9.17) is 10.5 Å². The first kappa shape index (κ1) is 19.4. The molecule has 0 fully saturated rings.